The molecular formula is C26H42N2O6. The molecule has 192 valence electrons. The Morgan fingerprint density at radius 3 is 2.41 bits per heavy atom. The molecular weight excluding hydrogens is 436 g/mol. The fourth-order valence-electron chi connectivity index (χ4n) is 7.18. The summed E-state index contributed by atoms with van der Waals surface area (Å²) in [5.41, 5.74) is -2.80. The molecule has 8 nitrogen and oxygen atoms in total. The Labute approximate surface area is 203 Å². The molecule has 3 rings (SSSR count). The van der Waals surface area contributed by atoms with E-state index in [4.69, 9.17) is 4.74 Å². The van der Waals surface area contributed by atoms with E-state index in [0.29, 0.717) is 19.4 Å². The van der Waals surface area contributed by atoms with E-state index < -0.39 is 40.6 Å². The van der Waals surface area contributed by atoms with Gasteiger partial charge in [-0.15, -0.1) is 6.58 Å². The van der Waals surface area contributed by atoms with Crippen molar-refractivity contribution < 1.29 is 29.3 Å². The van der Waals surface area contributed by atoms with Crippen LogP contribution in [0.15, 0.2) is 12.7 Å². The average molecular weight is 479 g/mol. The third-order valence-electron chi connectivity index (χ3n) is 8.14. The first-order valence-electron chi connectivity index (χ1n) is 12.3. The van der Waals surface area contributed by atoms with Gasteiger partial charge in [-0.3, -0.25) is 14.4 Å². The number of carboxylic acid groups (broad SMARTS) is 1. The Hall–Kier alpha value is -1.93. The van der Waals surface area contributed by atoms with E-state index in [-0.39, 0.29) is 36.3 Å². The maximum atomic E-state index is 14.4. The normalized spacial score (nSPS) is 34.9. The molecule has 6 atom stereocenters. The first-order chi connectivity index (χ1) is 15.6. The molecule has 3 heterocycles. The number of aliphatic hydroxyl groups excluding tert-OH is 1. The van der Waals surface area contributed by atoms with Crippen LogP contribution in [0.25, 0.3) is 0 Å². The van der Waals surface area contributed by atoms with Crippen LogP contribution in [-0.4, -0.2) is 80.3 Å². The van der Waals surface area contributed by atoms with Crippen LogP contribution in [0.2, 0.25) is 0 Å². The van der Waals surface area contributed by atoms with Crippen molar-refractivity contribution in [3.8, 4) is 0 Å². The van der Waals surface area contributed by atoms with Gasteiger partial charge < -0.3 is 24.7 Å². The molecule has 3 aliphatic heterocycles. The lowest BCUT2D eigenvalue weighted by molar-refractivity contribution is -0.159. The van der Waals surface area contributed by atoms with Crippen molar-refractivity contribution in [2.75, 3.05) is 19.7 Å². The van der Waals surface area contributed by atoms with Crippen molar-refractivity contribution in [3.05, 3.63) is 12.7 Å². The van der Waals surface area contributed by atoms with Gasteiger partial charge in [0, 0.05) is 25.2 Å². The average Bonchev–Trinajstić information content (AvgIpc) is 3.19. The molecule has 34 heavy (non-hydrogen) atoms. The molecule has 0 radical (unpaired) electrons. The van der Waals surface area contributed by atoms with Gasteiger partial charge in [0.05, 0.1) is 11.5 Å². The standard InChI is InChI=1S/C26H42N2O6/c1-9-11-28(24(6,7)15-23(3,4)5)21(31)19-26-14-16(2)25(8,34-26)18(22(32)33)17(26)20(30)27(19)12-10-13-29/h9,16-19,29H,1,10-15H2,2-8H3,(H,32,33)/t16?,17-,18+,19?,25-,26?/m0/s1. The Balaban J connectivity index is 2.12. The highest BCUT2D eigenvalue weighted by molar-refractivity contribution is 5.98. The molecule has 1 spiro atoms. The van der Waals surface area contributed by atoms with Crippen molar-refractivity contribution in [2.45, 2.75) is 90.5 Å². The zero-order chi connectivity index (χ0) is 25.9. The number of rotatable bonds is 9. The van der Waals surface area contributed by atoms with Gasteiger partial charge in [-0.1, -0.05) is 33.8 Å². The highest BCUT2D eigenvalue weighted by Crippen LogP contribution is 2.65. The van der Waals surface area contributed by atoms with Crippen LogP contribution >= 0.6 is 0 Å². The second-order valence-electron chi connectivity index (χ2n) is 12.4. The second kappa shape index (κ2) is 8.63. The van der Waals surface area contributed by atoms with E-state index >= 15 is 0 Å². The summed E-state index contributed by atoms with van der Waals surface area (Å²) in [6.45, 7) is 18.3. The maximum absolute atomic E-state index is 14.4. The lowest BCUT2D eigenvalue weighted by atomic mass is 9.62. The smallest absolute Gasteiger partial charge is 0.310 e. The van der Waals surface area contributed by atoms with Crippen molar-refractivity contribution in [1.82, 2.24) is 9.80 Å². The molecule has 2 bridgehead atoms. The van der Waals surface area contributed by atoms with Crippen LogP contribution in [0.4, 0.5) is 0 Å². The maximum Gasteiger partial charge on any atom is 0.310 e. The number of carbonyl (C=O) groups excluding carboxylic acids is 2. The van der Waals surface area contributed by atoms with Crippen LogP contribution in [-0.2, 0) is 19.1 Å². The van der Waals surface area contributed by atoms with Crippen LogP contribution in [0.5, 0.6) is 0 Å². The lowest BCUT2D eigenvalue weighted by Crippen LogP contribution is -2.61. The first-order valence-corrected chi connectivity index (χ1v) is 12.3. The van der Waals surface area contributed by atoms with Crippen LogP contribution in [0, 0.1) is 23.2 Å². The molecule has 3 saturated heterocycles. The second-order valence-corrected chi connectivity index (χ2v) is 12.4. The van der Waals surface area contributed by atoms with E-state index in [1.54, 1.807) is 17.9 Å². The van der Waals surface area contributed by atoms with Gasteiger partial charge in [-0.05, 0) is 51.4 Å². The first kappa shape index (κ1) is 26.7. The number of nitrogens with zero attached hydrogens (tertiary/aromatic N) is 2. The summed E-state index contributed by atoms with van der Waals surface area (Å²) in [7, 11) is 0. The van der Waals surface area contributed by atoms with E-state index in [2.05, 4.69) is 27.4 Å². The molecule has 3 unspecified atom stereocenters. The molecule has 0 saturated carbocycles. The minimum absolute atomic E-state index is 0.0508. The molecule has 8 heteroatoms. The van der Waals surface area contributed by atoms with E-state index in [1.165, 1.54) is 4.90 Å². The number of likely N-dealkylation sites (tertiary alicyclic amines) is 1. The van der Waals surface area contributed by atoms with E-state index in [0.717, 1.165) is 6.42 Å². The van der Waals surface area contributed by atoms with Gasteiger partial charge in [0.15, 0.2) is 0 Å². The minimum atomic E-state index is -1.20. The summed E-state index contributed by atoms with van der Waals surface area (Å²) in [4.78, 5) is 43.8. The van der Waals surface area contributed by atoms with Crippen LogP contribution in [0.3, 0.4) is 0 Å². The summed E-state index contributed by atoms with van der Waals surface area (Å²) in [6, 6.07) is -0.940. The van der Waals surface area contributed by atoms with Gasteiger partial charge in [0.2, 0.25) is 11.8 Å². The number of carbonyl (C=O) groups is 3. The quantitative estimate of drug-likeness (QED) is 0.494. The van der Waals surface area contributed by atoms with Gasteiger partial charge in [-0.25, -0.2) is 0 Å². The number of ether oxygens (including phenoxy) is 1. The third-order valence-corrected chi connectivity index (χ3v) is 8.14. The molecule has 3 aliphatic rings. The molecule has 0 aromatic rings. The predicted molar refractivity (Wildman–Crippen MR) is 128 cm³/mol. The topological polar surface area (TPSA) is 107 Å². The molecule has 2 amide bonds. The fraction of sp³-hybridized carbons (Fsp3) is 0.808. The van der Waals surface area contributed by atoms with Crippen LogP contribution < -0.4 is 0 Å². The SMILES string of the molecule is C=CCN(C(=O)C1N(CCCO)C(=O)[C@@H]2[C@H](C(=O)O)[C@@]3(C)OC12CC3C)C(C)(C)CC(C)(C)C. The van der Waals surface area contributed by atoms with E-state index in [1.807, 2.05) is 20.8 Å². The number of amides is 2. The molecule has 0 aliphatic carbocycles. The number of hydrogen-bond donors (Lipinski definition) is 2. The van der Waals surface area contributed by atoms with Crippen molar-refractivity contribution in [3.63, 3.8) is 0 Å². The van der Waals surface area contributed by atoms with Gasteiger partial charge >= 0.3 is 5.97 Å². The third kappa shape index (κ3) is 3.96. The predicted octanol–water partition coefficient (Wildman–Crippen LogP) is 2.69. The lowest BCUT2D eigenvalue weighted by Gasteiger charge is -2.45. The molecule has 0 aromatic heterocycles. The zero-order valence-electron chi connectivity index (χ0n) is 21.8. The highest BCUT2D eigenvalue weighted by Gasteiger charge is 2.80. The summed E-state index contributed by atoms with van der Waals surface area (Å²) in [5.74, 6) is -3.74. The van der Waals surface area contributed by atoms with Gasteiger partial charge in [-0.2, -0.15) is 0 Å². The molecule has 0 aromatic carbocycles. The fourth-order valence-corrected chi connectivity index (χ4v) is 7.18. The number of aliphatic carboxylic acids is 1. The molecule has 3 fully saturated rings. The summed E-state index contributed by atoms with van der Waals surface area (Å²) < 4.78 is 6.53. The number of aliphatic hydroxyl groups is 1. The molecule has 2 N–H and O–H groups in total. The Kier molecular flexibility index (Phi) is 6.77. The summed E-state index contributed by atoms with van der Waals surface area (Å²) >= 11 is 0. The van der Waals surface area contributed by atoms with Crippen LogP contribution in [0.1, 0.15) is 67.7 Å². The van der Waals surface area contributed by atoms with Crippen molar-refractivity contribution in [2.24, 2.45) is 23.2 Å². The number of hydrogen-bond acceptors (Lipinski definition) is 5. The largest absolute Gasteiger partial charge is 0.481 e. The highest BCUT2D eigenvalue weighted by atomic mass is 16.5. The minimum Gasteiger partial charge on any atom is -0.481 e. The van der Waals surface area contributed by atoms with Crippen molar-refractivity contribution >= 4 is 17.8 Å². The number of carboxylic acids is 1. The Bertz CT molecular complexity index is 864. The van der Waals surface area contributed by atoms with E-state index in [9.17, 15) is 24.6 Å². The van der Waals surface area contributed by atoms with Crippen molar-refractivity contribution in [1.29, 1.82) is 0 Å². The monoisotopic (exact) mass is 478 g/mol. The summed E-state index contributed by atoms with van der Waals surface area (Å²) in [5, 5.41) is 19.6. The van der Waals surface area contributed by atoms with Gasteiger partial charge in [0.25, 0.3) is 0 Å². The zero-order valence-corrected chi connectivity index (χ0v) is 21.8. The Morgan fingerprint density at radius 2 is 1.91 bits per heavy atom. The Morgan fingerprint density at radius 1 is 1.29 bits per heavy atom. The van der Waals surface area contributed by atoms with Gasteiger partial charge in [0.1, 0.15) is 17.6 Å². The summed E-state index contributed by atoms with van der Waals surface area (Å²) in [6.07, 6.45) is 3.15. The number of fused-ring (bicyclic) bond motifs is 1.